The van der Waals surface area contributed by atoms with E-state index in [9.17, 15) is 0 Å². The Morgan fingerprint density at radius 1 is 1.15 bits per heavy atom. The maximum absolute atomic E-state index is 5.62. The predicted octanol–water partition coefficient (Wildman–Crippen LogP) is 3.46. The lowest BCUT2D eigenvalue weighted by molar-refractivity contribution is 0.389. The monoisotopic (exact) mass is 275 g/mol. The molecule has 2 rings (SSSR count). The molecule has 0 aliphatic heterocycles. The topological polar surface area (TPSA) is 43.6 Å². The van der Waals surface area contributed by atoms with E-state index < -0.39 is 0 Å². The van der Waals surface area contributed by atoms with Crippen LogP contribution in [-0.4, -0.2) is 14.2 Å². The lowest BCUT2D eigenvalue weighted by Crippen LogP contribution is -2.18. The summed E-state index contributed by atoms with van der Waals surface area (Å²) in [6.45, 7) is 4.70. The van der Waals surface area contributed by atoms with E-state index in [1.54, 1.807) is 14.2 Å². The molecule has 108 valence electrons. The van der Waals surface area contributed by atoms with Gasteiger partial charge >= 0.3 is 0 Å². The third-order valence-electron chi connectivity index (χ3n) is 3.27. The first kappa shape index (κ1) is 14.5. The summed E-state index contributed by atoms with van der Waals surface area (Å²) in [6.07, 6.45) is 0. The molecule has 1 unspecified atom stereocenters. The fourth-order valence-corrected chi connectivity index (χ4v) is 2.07. The summed E-state index contributed by atoms with van der Waals surface area (Å²) in [7, 11) is 3.33. The van der Waals surface area contributed by atoms with Crippen LogP contribution in [-0.2, 0) is 6.54 Å². The second-order valence-corrected chi connectivity index (χ2v) is 4.73. The van der Waals surface area contributed by atoms with Gasteiger partial charge in [-0.3, -0.25) is 0 Å². The van der Waals surface area contributed by atoms with E-state index in [1.807, 2.05) is 37.3 Å². The zero-order valence-corrected chi connectivity index (χ0v) is 12.4. The molecule has 0 amide bonds. The minimum atomic E-state index is 0.139. The second-order valence-electron chi connectivity index (χ2n) is 4.73. The van der Waals surface area contributed by atoms with Crippen LogP contribution in [0.4, 0.5) is 0 Å². The van der Waals surface area contributed by atoms with Crippen molar-refractivity contribution in [3.05, 3.63) is 47.4 Å². The van der Waals surface area contributed by atoms with Crippen molar-refractivity contribution in [1.82, 2.24) is 5.32 Å². The average Bonchev–Trinajstić information content (AvgIpc) is 2.91. The van der Waals surface area contributed by atoms with Gasteiger partial charge in [-0.2, -0.15) is 0 Å². The summed E-state index contributed by atoms with van der Waals surface area (Å²) in [5, 5.41) is 3.43. The lowest BCUT2D eigenvalue weighted by atomic mass is 10.1. The molecule has 0 spiro atoms. The van der Waals surface area contributed by atoms with Gasteiger partial charge in [-0.1, -0.05) is 0 Å². The van der Waals surface area contributed by atoms with Crippen molar-refractivity contribution >= 4 is 0 Å². The van der Waals surface area contributed by atoms with E-state index in [4.69, 9.17) is 13.9 Å². The molecule has 0 bridgehead atoms. The van der Waals surface area contributed by atoms with Crippen molar-refractivity contribution in [2.45, 2.75) is 26.4 Å². The third kappa shape index (κ3) is 3.33. The Kier molecular flexibility index (Phi) is 4.69. The van der Waals surface area contributed by atoms with Gasteiger partial charge in [0.15, 0.2) is 0 Å². The fraction of sp³-hybridized carbons (Fsp3) is 0.375. The van der Waals surface area contributed by atoms with Gasteiger partial charge < -0.3 is 19.2 Å². The highest BCUT2D eigenvalue weighted by Gasteiger charge is 2.11. The summed E-state index contributed by atoms with van der Waals surface area (Å²) >= 11 is 0. The normalized spacial score (nSPS) is 12.2. The van der Waals surface area contributed by atoms with Gasteiger partial charge in [-0.25, -0.2) is 0 Å². The number of nitrogens with one attached hydrogen (secondary N) is 1. The van der Waals surface area contributed by atoms with Gasteiger partial charge in [-0.05, 0) is 44.2 Å². The van der Waals surface area contributed by atoms with Crippen LogP contribution < -0.4 is 14.8 Å². The quantitative estimate of drug-likeness (QED) is 0.877. The molecule has 1 atom stereocenters. The molecule has 0 saturated heterocycles. The number of methoxy groups -OCH3 is 2. The number of rotatable bonds is 6. The molecular formula is C16H21NO3. The molecule has 0 aliphatic rings. The molecule has 20 heavy (non-hydrogen) atoms. The Hall–Kier alpha value is -1.94. The molecule has 0 aliphatic carbocycles. The van der Waals surface area contributed by atoms with Crippen LogP contribution in [0.5, 0.6) is 11.5 Å². The van der Waals surface area contributed by atoms with Crippen molar-refractivity contribution in [3.8, 4) is 11.5 Å². The highest BCUT2D eigenvalue weighted by molar-refractivity contribution is 5.40. The van der Waals surface area contributed by atoms with Crippen molar-refractivity contribution in [1.29, 1.82) is 0 Å². The largest absolute Gasteiger partial charge is 0.497 e. The fourth-order valence-electron chi connectivity index (χ4n) is 2.07. The summed E-state index contributed by atoms with van der Waals surface area (Å²) in [6, 6.07) is 9.89. The van der Waals surface area contributed by atoms with E-state index in [2.05, 4.69) is 12.2 Å². The zero-order chi connectivity index (χ0) is 14.5. The van der Waals surface area contributed by atoms with Crippen LogP contribution in [0.25, 0.3) is 0 Å². The van der Waals surface area contributed by atoms with Crippen molar-refractivity contribution in [2.24, 2.45) is 0 Å². The van der Waals surface area contributed by atoms with Crippen LogP contribution >= 0.6 is 0 Å². The smallest absolute Gasteiger partial charge is 0.123 e. The molecule has 2 aromatic rings. The molecule has 1 aromatic heterocycles. The molecule has 0 saturated carbocycles. The minimum absolute atomic E-state index is 0.139. The second kappa shape index (κ2) is 6.48. The van der Waals surface area contributed by atoms with Crippen LogP contribution in [0, 0.1) is 6.92 Å². The van der Waals surface area contributed by atoms with Crippen LogP contribution in [0.2, 0.25) is 0 Å². The van der Waals surface area contributed by atoms with Crippen molar-refractivity contribution in [3.63, 3.8) is 0 Å². The Bertz CT molecular complexity index is 563. The van der Waals surface area contributed by atoms with Crippen LogP contribution in [0.1, 0.15) is 30.0 Å². The van der Waals surface area contributed by atoms with Crippen LogP contribution in [0.3, 0.4) is 0 Å². The van der Waals surface area contributed by atoms with Crippen molar-refractivity contribution < 1.29 is 13.9 Å². The summed E-state index contributed by atoms with van der Waals surface area (Å²) < 4.78 is 16.2. The van der Waals surface area contributed by atoms with E-state index in [-0.39, 0.29) is 6.04 Å². The standard InChI is InChI=1S/C16H21NO3/c1-11-5-7-15(20-11)12(2)17-10-13-9-14(18-3)6-8-16(13)19-4/h5-9,12,17H,10H2,1-4H3. The van der Waals surface area contributed by atoms with E-state index in [0.717, 1.165) is 28.6 Å². The lowest BCUT2D eigenvalue weighted by Gasteiger charge is -2.14. The highest BCUT2D eigenvalue weighted by Crippen LogP contribution is 2.25. The Morgan fingerprint density at radius 3 is 2.55 bits per heavy atom. The maximum Gasteiger partial charge on any atom is 0.123 e. The van der Waals surface area contributed by atoms with Crippen molar-refractivity contribution in [2.75, 3.05) is 14.2 Å². The number of ether oxygens (including phenoxy) is 2. The summed E-state index contributed by atoms with van der Waals surface area (Å²) in [5.41, 5.74) is 1.06. The molecule has 0 fully saturated rings. The first-order valence-corrected chi connectivity index (χ1v) is 6.64. The number of hydrogen-bond donors (Lipinski definition) is 1. The molecule has 1 N–H and O–H groups in total. The highest BCUT2D eigenvalue weighted by atomic mass is 16.5. The van der Waals surface area contributed by atoms with Gasteiger partial charge in [0.05, 0.1) is 20.3 Å². The number of hydrogen-bond acceptors (Lipinski definition) is 4. The van der Waals surface area contributed by atoms with Gasteiger partial charge in [0.2, 0.25) is 0 Å². The number of benzene rings is 1. The maximum atomic E-state index is 5.62. The summed E-state index contributed by atoms with van der Waals surface area (Å²) in [4.78, 5) is 0. The van der Waals surface area contributed by atoms with Gasteiger partial charge in [0.1, 0.15) is 23.0 Å². The first-order valence-electron chi connectivity index (χ1n) is 6.64. The predicted molar refractivity (Wildman–Crippen MR) is 78.2 cm³/mol. The van der Waals surface area contributed by atoms with E-state index >= 15 is 0 Å². The van der Waals surface area contributed by atoms with E-state index in [1.165, 1.54) is 0 Å². The van der Waals surface area contributed by atoms with Gasteiger partial charge in [-0.15, -0.1) is 0 Å². The SMILES string of the molecule is COc1ccc(OC)c(CNC(C)c2ccc(C)o2)c1. The average molecular weight is 275 g/mol. The number of furan rings is 1. The van der Waals surface area contributed by atoms with Gasteiger partial charge in [0.25, 0.3) is 0 Å². The zero-order valence-electron chi connectivity index (χ0n) is 12.4. The Balaban J connectivity index is 2.06. The van der Waals surface area contributed by atoms with E-state index in [0.29, 0.717) is 6.54 Å². The molecule has 4 nitrogen and oxygen atoms in total. The third-order valence-corrected chi connectivity index (χ3v) is 3.27. The minimum Gasteiger partial charge on any atom is -0.497 e. The Morgan fingerprint density at radius 2 is 1.95 bits per heavy atom. The molecule has 1 aromatic carbocycles. The Labute approximate surface area is 119 Å². The molecular weight excluding hydrogens is 254 g/mol. The number of aryl methyl sites for hydroxylation is 1. The summed E-state index contributed by atoms with van der Waals surface area (Å²) in [5.74, 6) is 3.53. The van der Waals surface area contributed by atoms with Crippen LogP contribution in [0.15, 0.2) is 34.7 Å². The molecule has 0 radical (unpaired) electrons. The van der Waals surface area contributed by atoms with Gasteiger partial charge in [0, 0.05) is 12.1 Å². The molecule has 4 heteroatoms. The first-order chi connectivity index (χ1) is 9.63. The molecule has 1 heterocycles.